The Labute approximate surface area is 112 Å². The molecule has 1 aromatic heterocycles. The first-order chi connectivity index (χ1) is 8.43. The fourth-order valence-electron chi connectivity index (χ4n) is 1.73. The highest BCUT2D eigenvalue weighted by Gasteiger charge is 2.23. The van der Waals surface area contributed by atoms with Gasteiger partial charge < -0.3 is 0 Å². The van der Waals surface area contributed by atoms with Crippen LogP contribution in [-0.4, -0.2) is 15.5 Å². The molecule has 5 heteroatoms. The molecule has 0 saturated heterocycles. The van der Waals surface area contributed by atoms with E-state index in [2.05, 4.69) is 0 Å². The first-order valence-electron chi connectivity index (χ1n) is 5.52. The summed E-state index contributed by atoms with van der Waals surface area (Å²) in [6.45, 7) is 3.86. The Morgan fingerprint density at radius 2 is 1.89 bits per heavy atom. The van der Waals surface area contributed by atoms with E-state index in [1.54, 1.807) is 24.6 Å². The van der Waals surface area contributed by atoms with Gasteiger partial charge in [-0.2, -0.15) is 0 Å². The maximum Gasteiger partial charge on any atom is 0.273 e. The van der Waals surface area contributed by atoms with Gasteiger partial charge in [-0.1, -0.05) is 18.2 Å². The molecule has 1 heterocycles. The number of sulfonamides is 1. The molecule has 0 spiro atoms. The van der Waals surface area contributed by atoms with E-state index >= 15 is 0 Å². The van der Waals surface area contributed by atoms with Crippen LogP contribution in [0.25, 0.3) is 0 Å². The van der Waals surface area contributed by atoms with Crippen molar-refractivity contribution in [2.45, 2.75) is 18.1 Å². The molecule has 0 N–H and O–H groups in total. The van der Waals surface area contributed by atoms with Crippen molar-refractivity contribution in [3.63, 3.8) is 0 Å². The molecule has 2 rings (SSSR count). The van der Waals surface area contributed by atoms with Crippen LogP contribution in [0, 0.1) is 13.8 Å². The van der Waals surface area contributed by atoms with Crippen LogP contribution in [0.5, 0.6) is 0 Å². The third-order valence-electron chi connectivity index (χ3n) is 2.81. The molecular weight excluding hydrogens is 266 g/mol. The quantitative estimate of drug-likeness (QED) is 0.866. The number of aryl methyl sites for hydroxylation is 2. The van der Waals surface area contributed by atoms with Crippen molar-refractivity contribution in [3.05, 3.63) is 46.8 Å². The predicted molar refractivity (Wildman–Crippen MR) is 75.8 cm³/mol. The third kappa shape index (κ3) is 2.28. The summed E-state index contributed by atoms with van der Waals surface area (Å²) in [4.78, 5) is 0. The topological polar surface area (TPSA) is 37.4 Å². The Morgan fingerprint density at radius 3 is 2.50 bits per heavy atom. The minimum atomic E-state index is -3.44. The van der Waals surface area contributed by atoms with Crippen molar-refractivity contribution >= 4 is 27.0 Å². The smallest absolute Gasteiger partial charge is 0.268 e. The van der Waals surface area contributed by atoms with Crippen LogP contribution in [0.3, 0.4) is 0 Å². The van der Waals surface area contributed by atoms with Crippen LogP contribution in [0.15, 0.2) is 39.9 Å². The maximum absolute atomic E-state index is 12.4. The van der Waals surface area contributed by atoms with E-state index in [0.717, 1.165) is 16.8 Å². The van der Waals surface area contributed by atoms with Gasteiger partial charge in [0.25, 0.3) is 10.0 Å². The monoisotopic (exact) mass is 281 g/mol. The molecule has 0 aliphatic rings. The second kappa shape index (κ2) is 4.74. The van der Waals surface area contributed by atoms with Crippen LogP contribution >= 0.6 is 11.3 Å². The molecule has 0 radical (unpaired) electrons. The van der Waals surface area contributed by atoms with Crippen molar-refractivity contribution < 1.29 is 8.42 Å². The highest BCUT2D eigenvalue weighted by atomic mass is 32.2. The Morgan fingerprint density at radius 1 is 1.17 bits per heavy atom. The first-order valence-corrected chi connectivity index (χ1v) is 7.84. The van der Waals surface area contributed by atoms with Crippen LogP contribution in [0.2, 0.25) is 0 Å². The van der Waals surface area contributed by atoms with Crippen LogP contribution in [0.4, 0.5) is 5.69 Å². The minimum Gasteiger partial charge on any atom is -0.268 e. The summed E-state index contributed by atoms with van der Waals surface area (Å²) in [5, 5.41) is 1.77. The molecule has 0 bridgehead atoms. The summed E-state index contributed by atoms with van der Waals surface area (Å²) in [6, 6.07) is 9.17. The zero-order valence-electron chi connectivity index (χ0n) is 10.5. The molecule has 0 saturated carbocycles. The standard InChI is InChI=1S/C13H15NO2S2/c1-10-6-7-11(2)12(9-10)14(3)18(15,16)13-5-4-8-17-13/h4-9H,1-3H3. The molecule has 0 unspecified atom stereocenters. The first kappa shape index (κ1) is 13.1. The van der Waals surface area contributed by atoms with Gasteiger partial charge in [0.15, 0.2) is 0 Å². The fourth-order valence-corrected chi connectivity index (χ4v) is 4.15. The summed E-state index contributed by atoms with van der Waals surface area (Å²) in [5.74, 6) is 0. The molecule has 1 aromatic carbocycles. The summed E-state index contributed by atoms with van der Waals surface area (Å²) >= 11 is 1.23. The number of anilines is 1. The van der Waals surface area contributed by atoms with Gasteiger partial charge in [0, 0.05) is 7.05 Å². The lowest BCUT2D eigenvalue weighted by atomic mass is 10.1. The van der Waals surface area contributed by atoms with E-state index in [0.29, 0.717) is 4.21 Å². The molecule has 96 valence electrons. The Bertz CT molecular complexity index is 646. The Balaban J connectivity index is 2.49. The average molecular weight is 281 g/mol. The van der Waals surface area contributed by atoms with Crippen molar-refractivity contribution in [1.29, 1.82) is 0 Å². The van der Waals surface area contributed by atoms with Gasteiger partial charge >= 0.3 is 0 Å². The normalized spacial score (nSPS) is 11.5. The van der Waals surface area contributed by atoms with Crippen LogP contribution in [-0.2, 0) is 10.0 Å². The molecule has 0 fully saturated rings. The number of rotatable bonds is 3. The second-order valence-electron chi connectivity index (χ2n) is 4.19. The Hall–Kier alpha value is -1.33. The second-order valence-corrected chi connectivity index (χ2v) is 7.34. The van der Waals surface area contributed by atoms with Gasteiger partial charge in [-0.15, -0.1) is 11.3 Å². The summed E-state index contributed by atoms with van der Waals surface area (Å²) < 4.78 is 26.5. The summed E-state index contributed by atoms with van der Waals surface area (Å²) in [6.07, 6.45) is 0. The zero-order valence-corrected chi connectivity index (χ0v) is 12.2. The van der Waals surface area contributed by atoms with Crippen LogP contribution in [0.1, 0.15) is 11.1 Å². The van der Waals surface area contributed by atoms with E-state index in [4.69, 9.17) is 0 Å². The van der Waals surface area contributed by atoms with Crippen LogP contribution < -0.4 is 4.31 Å². The van der Waals surface area contributed by atoms with Crippen molar-refractivity contribution in [2.75, 3.05) is 11.4 Å². The largest absolute Gasteiger partial charge is 0.273 e. The van der Waals surface area contributed by atoms with E-state index in [1.165, 1.54) is 15.6 Å². The van der Waals surface area contributed by atoms with E-state index in [9.17, 15) is 8.42 Å². The SMILES string of the molecule is Cc1ccc(C)c(N(C)S(=O)(=O)c2cccs2)c1. The fraction of sp³-hybridized carbons (Fsp3) is 0.231. The lowest BCUT2D eigenvalue weighted by Crippen LogP contribution is -2.26. The molecular formula is C13H15NO2S2. The molecule has 2 aromatic rings. The van der Waals surface area contributed by atoms with Gasteiger partial charge in [-0.25, -0.2) is 8.42 Å². The molecule has 18 heavy (non-hydrogen) atoms. The number of thiophene rings is 1. The number of hydrogen-bond acceptors (Lipinski definition) is 3. The number of nitrogens with zero attached hydrogens (tertiary/aromatic N) is 1. The van der Waals surface area contributed by atoms with E-state index in [-0.39, 0.29) is 0 Å². The molecule has 0 atom stereocenters. The molecule has 0 aliphatic carbocycles. The van der Waals surface area contributed by atoms with Gasteiger partial charge in [-0.3, -0.25) is 4.31 Å². The van der Waals surface area contributed by atoms with Gasteiger partial charge in [0.2, 0.25) is 0 Å². The molecule has 0 aliphatic heterocycles. The van der Waals surface area contributed by atoms with Crippen molar-refractivity contribution in [2.24, 2.45) is 0 Å². The third-order valence-corrected chi connectivity index (χ3v) is 5.96. The van der Waals surface area contributed by atoms with Gasteiger partial charge in [0.1, 0.15) is 4.21 Å². The number of benzene rings is 1. The highest BCUT2D eigenvalue weighted by Crippen LogP contribution is 2.28. The average Bonchev–Trinajstić information content (AvgIpc) is 2.85. The van der Waals surface area contributed by atoms with Gasteiger partial charge in [-0.05, 0) is 42.5 Å². The van der Waals surface area contributed by atoms with Gasteiger partial charge in [0.05, 0.1) is 5.69 Å². The zero-order chi connectivity index (χ0) is 13.3. The van der Waals surface area contributed by atoms with Crippen molar-refractivity contribution in [3.8, 4) is 0 Å². The summed E-state index contributed by atoms with van der Waals surface area (Å²) in [5.41, 5.74) is 2.72. The minimum absolute atomic E-state index is 0.367. The summed E-state index contributed by atoms with van der Waals surface area (Å²) in [7, 11) is -1.84. The maximum atomic E-state index is 12.4. The van der Waals surface area contributed by atoms with E-state index < -0.39 is 10.0 Å². The molecule has 0 amide bonds. The lowest BCUT2D eigenvalue weighted by molar-refractivity contribution is 0.596. The molecule has 3 nitrogen and oxygen atoms in total. The highest BCUT2D eigenvalue weighted by molar-refractivity contribution is 7.94. The number of hydrogen-bond donors (Lipinski definition) is 0. The van der Waals surface area contributed by atoms with Crippen molar-refractivity contribution in [1.82, 2.24) is 0 Å². The van der Waals surface area contributed by atoms with E-state index in [1.807, 2.05) is 32.0 Å². The lowest BCUT2D eigenvalue weighted by Gasteiger charge is -2.21. The predicted octanol–water partition coefficient (Wildman–Crippen LogP) is 3.19. The Kier molecular flexibility index (Phi) is 3.45.